The van der Waals surface area contributed by atoms with Gasteiger partial charge in [0.15, 0.2) is 5.69 Å². The third-order valence-corrected chi connectivity index (χ3v) is 5.71. The lowest BCUT2D eigenvalue weighted by Crippen LogP contribution is -2.51. The second-order valence-corrected chi connectivity index (χ2v) is 7.59. The summed E-state index contributed by atoms with van der Waals surface area (Å²) in [4.78, 5) is 25.1. The van der Waals surface area contributed by atoms with Crippen LogP contribution in [0.4, 0.5) is 4.79 Å². The summed E-state index contributed by atoms with van der Waals surface area (Å²) >= 11 is 0. The van der Waals surface area contributed by atoms with E-state index in [-0.39, 0.29) is 30.0 Å². The van der Waals surface area contributed by atoms with Crippen LogP contribution in [0.15, 0.2) is 36.5 Å². The van der Waals surface area contributed by atoms with Crippen molar-refractivity contribution in [2.75, 3.05) is 19.7 Å². The van der Waals surface area contributed by atoms with Crippen LogP contribution in [-0.4, -0.2) is 62.4 Å². The van der Waals surface area contributed by atoms with Gasteiger partial charge < -0.3 is 19.5 Å². The van der Waals surface area contributed by atoms with Gasteiger partial charge in [-0.15, -0.1) is 5.10 Å². The molecule has 1 amide bonds. The molecule has 4 rings (SSSR count). The minimum atomic E-state index is -1.08. The maximum absolute atomic E-state index is 12.4. The number of carboxylic acids is 1. The molecule has 9 nitrogen and oxygen atoms in total. The molecule has 2 aliphatic rings. The number of hydrogen-bond acceptors (Lipinski definition) is 6. The molecule has 0 saturated carbocycles. The standard InChI is InChI=1S/C20H24N4O5/c25-18(26)17-13-24(22-21-17)16-6-11-29-20(12-16)7-9-23(10-8-20)19(27)28-14-15-4-2-1-3-5-15/h1-5,13,16H,6-12,14H2,(H,25,26). The molecule has 1 atom stereocenters. The average molecular weight is 400 g/mol. The number of likely N-dealkylation sites (tertiary alicyclic amines) is 1. The number of aromatic carboxylic acids is 1. The fraction of sp³-hybridized carbons (Fsp3) is 0.500. The zero-order valence-electron chi connectivity index (χ0n) is 16.1. The van der Waals surface area contributed by atoms with Gasteiger partial charge in [-0.25, -0.2) is 14.3 Å². The summed E-state index contributed by atoms with van der Waals surface area (Å²) in [5, 5.41) is 16.7. The predicted molar refractivity (Wildman–Crippen MR) is 101 cm³/mol. The number of benzene rings is 1. The van der Waals surface area contributed by atoms with E-state index in [1.165, 1.54) is 6.20 Å². The summed E-state index contributed by atoms with van der Waals surface area (Å²) in [7, 11) is 0. The maximum atomic E-state index is 12.4. The summed E-state index contributed by atoms with van der Waals surface area (Å²) < 4.78 is 13.2. The largest absolute Gasteiger partial charge is 0.476 e. The van der Waals surface area contributed by atoms with Crippen molar-refractivity contribution in [3.8, 4) is 0 Å². The molecular formula is C20H24N4O5. The highest BCUT2D eigenvalue weighted by Crippen LogP contribution is 2.39. The monoisotopic (exact) mass is 400 g/mol. The summed E-state index contributed by atoms with van der Waals surface area (Å²) in [5.74, 6) is -1.08. The molecule has 9 heteroatoms. The van der Waals surface area contributed by atoms with Crippen molar-refractivity contribution in [1.82, 2.24) is 19.9 Å². The van der Waals surface area contributed by atoms with Gasteiger partial charge in [-0.2, -0.15) is 0 Å². The number of nitrogens with zero attached hydrogens (tertiary/aromatic N) is 4. The Morgan fingerprint density at radius 1 is 1.24 bits per heavy atom. The van der Waals surface area contributed by atoms with Gasteiger partial charge in [0.05, 0.1) is 17.8 Å². The number of hydrogen-bond donors (Lipinski definition) is 1. The van der Waals surface area contributed by atoms with E-state index in [0.717, 1.165) is 18.4 Å². The molecule has 0 aliphatic carbocycles. The number of aromatic nitrogens is 3. The Balaban J connectivity index is 1.31. The van der Waals surface area contributed by atoms with Crippen molar-refractivity contribution in [3.05, 3.63) is 47.8 Å². The predicted octanol–water partition coefficient (Wildman–Crippen LogP) is 2.50. The first kappa shape index (κ1) is 19.4. The molecule has 2 fully saturated rings. The SMILES string of the molecule is O=C(O)c1cn(C2CCOC3(CCN(C(=O)OCc4ccccc4)CC3)C2)nn1. The first-order chi connectivity index (χ1) is 14.0. The minimum absolute atomic E-state index is 0.0425. The smallest absolute Gasteiger partial charge is 0.410 e. The van der Waals surface area contributed by atoms with Crippen LogP contribution in [-0.2, 0) is 16.1 Å². The van der Waals surface area contributed by atoms with Gasteiger partial charge in [0.1, 0.15) is 6.61 Å². The molecule has 2 aromatic rings. The van der Waals surface area contributed by atoms with Gasteiger partial charge in [-0.05, 0) is 31.2 Å². The van der Waals surface area contributed by atoms with E-state index in [2.05, 4.69) is 10.3 Å². The minimum Gasteiger partial charge on any atom is -0.476 e. The molecule has 1 N–H and O–H groups in total. The summed E-state index contributed by atoms with van der Waals surface area (Å²) in [6.45, 7) is 1.97. The van der Waals surface area contributed by atoms with E-state index >= 15 is 0 Å². The first-order valence-electron chi connectivity index (χ1n) is 9.79. The maximum Gasteiger partial charge on any atom is 0.410 e. The van der Waals surface area contributed by atoms with Crippen molar-refractivity contribution in [3.63, 3.8) is 0 Å². The highest BCUT2D eigenvalue weighted by Gasteiger charge is 2.42. The van der Waals surface area contributed by atoms with E-state index in [1.807, 2.05) is 30.3 Å². The average Bonchev–Trinajstić information content (AvgIpc) is 3.24. The van der Waals surface area contributed by atoms with E-state index in [1.54, 1.807) is 9.58 Å². The lowest BCUT2D eigenvalue weighted by molar-refractivity contribution is -0.123. The van der Waals surface area contributed by atoms with Crippen LogP contribution in [0.3, 0.4) is 0 Å². The molecular weight excluding hydrogens is 376 g/mol. The summed E-state index contributed by atoms with van der Waals surface area (Å²) in [6, 6.07) is 9.65. The molecule has 1 aromatic heterocycles. The van der Waals surface area contributed by atoms with Gasteiger partial charge >= 0.3 is 12.1 Å². The first-order valence-corrected chi connectivity index (χ1v) is 9.79. The number of piperidine rings is 1. The zero-order valence-corrected chi connectivity index (χ0v) is 16.1. The van der Waals surface area contributed by atoms with Gasteiger partial charge in [0.2, 0.25) is 0 Å². The Morgan fingerprint density at radius 3 is 2.69 bits per heavy atom. The number of ether oxygens (including phenoxy) is 2. The fourth-order valence-electron chi connectivity index (χ4n) is 4.04. The van der Waals surface area contributed by atoms with Crippen LogP contribution < -0.4 is 0 Å². The Bertz CT molecular complexity index is 861. The quantitative estimate of drug-likeness (QED) is 0.840. The van der Waals surface area contributed by atoms with E-state index in [0.29, 0.717) is 32.5 Å². The number of amides is 1. The Hall–Kier alpha value is -2.94. The lowest BCUT2D eigenvalue weighted by atomic mass is 9.82. The van der Waals surface area contributed by atoms with Crippen molar-refractivity contribution in [2.24, 2.45) is 0 Å². The number of carbonyl (C=O) groups is 2. The molecule has 1 spiro atoms. The summed E-state index contributed by atoms with van der Waals surface area (Å²) in [5.41, 5.74) is 0.580. The lowest BCUT2D eigenvalue weighted by Gasteiger charge is -2.45. The highest BCUT2D eigenvalue weighted by molar-refractivity contribution is 5.84. The molecule has 0 bridgehead atoms. The van der Waals surface area contributed by atoms with E-state index in [9.17, 15) is 9.59 Å². The van der Waals surface area contributed by atoms with Crippen molar-refractivity contribution in [1.29, 1.82) is 0 Å². The molecule has 29 heavy (non-hydrogen) atoms. The molecule has 154 valence electrons. The molecule has 2 saturated heterocycles. The van der Waals surface area contributed by atoms with Gasteiger partial charge in [-0.1, -0.05) is 35.5 Å². The number of rotatable bonds is 4. The van der Waals surface area contributed by atoms with Crippen LogP contribution in [0.5, 0.6) is 0 Å². The molecule has 3 heterocycles. The second kappa shape index (κ2) is 8.20. The Kier molecular flexibility index (Phi) is 5.48. The normalized spacial score (nSPS) is 21.1. The molecule has 2 aliphatic heterocycles. The second-order valence-electron chi connectivity index (χ2n) is 7.59. The van der Waals surface area contributed by atoms with Gasteiger partial charge in [0.25, 0.3) is 0 Å². The van der Waals surface area contributed by atoms with Gasteiger partial charge in [0, 0.05) is 19.7 Å². The molecule has 1 aromatic carbocycles. The van der Waals surface area contributed by atoms with Crippen LogP contribution in [0.2, 0.25) is 0 Å². The van der Waals surface area contributed by atoms with E-state index in [4.69, 9.17) is 14.6 Å². The van der Waals surface area contributed by atoms with Crippen LogP contribution in [0, 0.1) is 0 Å². The van der Waals surface area contributed by atoms with Gasteiger partial charge in [-0.3, -0.25) is 0 Å². The number of carbonyl (C=O) groups excluding carboxylic acids is 1. The third-order valence-electron chi connectivity index (χ3n) is 5.71. The summed E-state index contributed by atoms with van der Waals surface area (Å²) in [6.07, 6.45) is 4.07. The van der Waals surface area contributed by atoms with Crippen LogP contribution >= 0.6 is 0 Å². The molecule has 0 radical (unpaired) electrons. The number of carboxylic acid groups (broad SMARTS) is 1. The molecule has 1 unspecified atom stereocenters. The third kappa shape index (κ3) is 4.40. The fourth-order valence-corrected chi connectivity index (χ4v) is 4.04. The topological polar surface area (TPSA) is 107 Å². The van der Waals surface area contributed by atoms with Crippen LogP contribution in [0.25, 0.3) is 0 Å². The highest BCUT2D eigenvalue weighted by atomic mass is 16.6. The van der Waals surface area contributed by atoms with Crippen molar-refractivity contribution in [2.45, 2.75) is 43.9 Å². The van der Waals surface area contributed by atoms with Crippen LogP contribution in [0.1, 0.15) is 47.8 Å². The zero-order chi connectivity index (χ0) is 20.3. The Morgan fingerprint density at radius 2 is 2.00 bits per heavy atom. The van der Waals surface area contributed by atoms with E-state index < -0.39 is 5.97 Å². The van der Waals surface area contributed by atoms with Crippen molar-refractivity contribution < 1.29 is 24.2 Å². The van der Waals surface area contributed by atoms with Crippen molar-refractivity contribution >= 4 is 12.1 Å². The Labute approximate surface area is 168 Å².